The van der Waals surface area contributed by atoms with E-state index in [1.54, 1.807) is 0 Å². The lowest BCUT2D eigenvalue weighted by atomic mass is 9.71. The van der Waals surface area contributed by atoms with Crippen molar-refractivity contribution in [2.24, 2.45) is 29.6 Å². The Labute approximate surface area is 143 Å². The van der Waals surface area contributed by atoms with E-state index >= 15 is 0 Å². The van der Waals surface area contributed by atoms with Gasteiger partial charge in [0.2, 0.25) is 6.79 Å². The standard InChI is InChI=1S/C17H22F6O2/c1-4-5-24-9-25-15(16(18,19)20,17(21,22)23)8-13-6-12-7-14(13)11(3)10(12)2/h10-14H,6-9H2,1-3H3. The van der Waals surface area contributed by atoms with Crippen LogP contribution >= 0.6 is 0 Å². The number of ether oxygens (including phenoxy) is 2. The van der Waals surface area contributed by atoms with Crippen molar-refractivity contribution in [1.29, 1.82) is 0 Å². The highest BCUT2D eigenvalue weighted by atomic mass is 19.4. The fraction of sp³-hybridized carbons (Fsp3) is 0.882. The third-order valence-electron chi connectivity index (χ3n) is 6.04. The summed E-state index contributed by atoms with van der Waals surface area (Å²) in [5.41, 5.74) is -4.23. The van der Waals surface area contributed by atoms with Crippen molar-refractivity contribution in [3.63, 3.8) is 0 Å². The van der Waals surface area contributed by atoms with Crippen molar-refractivity contribution in [2.45, 2.75) is 58.0 Å². The summed E-state index contributed by atoms with van der Waals surface area (Å²) < 4.78 is 89.8. The molecule has 0 aromatic heterocycles. The Hall–Kier alpha value is -1.10. The molecule has 25 heavy (non-hydrogen) atoms. The second kappa shape index (κ2) is 6.90. The lowest BCUT2D eigenvalue weighted by Crippen LogP contribution is -2.60. The van der Waals surface area contributed by atoms with Crippen LogP contribution in [0.2, 0.25) is 0 Å². The van der Waals surface area contributed by atoms with Gasteiger partial charge in [-0.15, -0.1) is 0 Å². The van der Waals surface area contributed by atoms with Crippen molar-refractivity contribution in [1.82, 2.24) is 0 Å². The zero-order valence-electron chi connectivity index (χ0n) is 14.3. The van der Waals surface area contributed by atoms with Gasteiger partial charge in [0.25, 0.3) is 5.60 Å². The van der Waals surface area contributed by atoms with Gasteiger partial charge in [-0.05, 0) is 48.9 Å². The molecular weight excluding hydrogens is 350 g/mol. The van der Waals surface area contributed by atoms with E-state index in [9.17, 15) is 26.3 Å². The Kier molecular flexibility index (Phi) is 5.58. The van der Waals surface area contributed by atoms with E-state index in [4.69, 9.17) is 0 Å². The van der Waals surface area contributed by atoms with E-state index in [-0.39, 0.29) is 17.8 Å². The summed E-state index contributed by atoms with van der Waals surface area (Å²) in [7, 11) is 0. The summed E-state index contributed by atoms with van der Waals surface area (Å²) in [4.78, 5) is 0. The van der Waals surface area contributed by atoms with E-state index in [0.29, 0.717) is 18.8 Å². The molecule has 2 saturated carbocycles. The predicted octanol–water partition coefficient (Wildman–Crippen LogP) is 5.14. The van der Waals surface area contributed by atoms with Gasteiger partial charge >= 0.3 is 12.4 Å². The highest BCUT2D eigenvalue weighted by Crippen LogP contribution is 2.60. The molecule has 2 aliphatic carbocycles. The minimum Gasteiger partial charge on any atom is -0.417 e. The maximum absolute atomic E-state index is 13.5. The maximum atomic E-state index is 13.5. The molecule has 0 aromatic rings. The van der Waals surface area contributed by atoms with Crippen LogP contribution in [0.1, 0.15) is 40.0 Å². The Morgan fingerprint density at radius 3 is 2.00 bits per heavy atom. The number of fused-ring (bicyclic) bond motifs is 2. The van der Waals surface area contributed by atoms with Crippen molar-refractivity contribution >= 4 is 0 Å². The number of hydrogen-bond acceptors (Lipinski definition) is 2. The van der Waals surface area contributed by atoms with E-state index in [1.165, 1.54) is 6.92 Å². The summed E-state index contributed by atoms with van der Waals surface area (Å²) in [6.07, 6.45) is -9.29. The molecule has 144 valence electrons. The van der Waals surface area contributed by atoms with Crippen molar-refractivity contribution in [3.8, 4) is 12.0 Å². The first-order valence-electron chi connectivity index (χ1n) is 8.25. The van der Waals surface area contributed by atoms with Crippen molar-refractivity contribution in [3.05, 3.63) is 0 Å². The molecule has 0 saturated heterocycles. The molecule has 5 atom stereocenters. The largest absolute Gasteiger partial charge is 0.426 e. The smallest absolute Gasteiger partial charge is 0.417 e. The molecule has 0 N–H and O–H groups in total. The Balaban J connectivity index is 2.26. The van der Waals surface area contributed by atoms with Crippen LogP contribution in [0.4, 0.5) is 26.3 Å². The highest BCUT2D eigenvalue weighted by Gasteiger charge is 2.73. The molecule has 2 aliphatic rings. The molecular formula is C17H22F6O2. The van der Waals surface area contributed by atoms with Crippen LogP contribution in [-0.2, 0) is 9.47 Å². The van der Waals surface area contributed by atoms with E-state index in [2.05, 4.69) is 15.4 Å². The van der Waals surface area contributed by atoms with Crippen molar-refractivity contribution < 1.29 is 35.8 Å². The molecule has 0 radical (unpaired) electrons. The topological polar surface area (TPSA) is 18.5 Å². The molecule has 2 bridgehead atoms. The van der Waals surface area contributed by atoms with Crippen LogP contribution in [-0.4, -0.2) is 24.7 Å². The normalized spacial score (nSPS) is 32.4. The second-order valence-corrected chi connectivity index (χ2v) is 7.16. The molecule has 0 heterocycles. The summed E-state index contributed by atoms with van der Waals surface area (Å²) in [6, 6.07) is 0. The molecule has 8 heteroatoms. The summed E-state index contributed by atoms with van der Waals surface area (Å²) in [5.74, 6) is 2.05. The first-order chi connectivity index (χ1) is 11.4. The third-order valence-corrected chi connectivity index (χ3v) is 6.04. The number of rotatable bonds is 5. The molecule has 5 unspecified atom stereocenters. The molecule has 2 nitrogen and oxygen atoms in total. The predicted molar refractivity (Wildman–Crippen MR) is 78.0 cm³/mol. The van der Waals surface area contributed by atoms with Crippen molar-refractivity contribution in [2.75, 3.05) is 6.79 Å². The minimum absolute atomic E-state index is 0.116. The SMILES string of the molecule is CC#COCOC(CC1CC2CC1C(C)C2C)(C(F)(F)F)C(F)(F)F. The van der Waals surface area contributed by atoms with E-state index < -0.39 is 37.1 Å². The lowest BCUT2D eigenvalue weighted by Gasteiger charge is -2.41. The first-order valence-corrected chi connectivity index (χ1v) is 8.25. The highest BCUT2D eigenvalue weighted by molar-refractivity contribution is 5.04. The molecule has 0 aromatic carbocycles. The van der Waals surface area contributed by atoms with Gasteiger partial charge in [-0.25, -0.2) is 0 Å². The van der Waals surface area contributed by atoms with Crippen LogP contribution < -0.4 is 0 Å². The van der Waals surface area contributed by atoms with E-state index in [1.807, 2.05) is 20.0 Å². The second-order valence-electron chi connectivity index (χ2n) is 7.16. The van der Waals surface area contributed by atoms with Gasteiger partial charge in [-0.1, -0.05) is 19.8 Å². The summed E-state index contributed by atoms with van der Waals surface area (Å²) >= 11 is 0. The van der Waals surface area contributed by atoms with Crippen LogP contribution in [0, 0.1) is 41.6 Å². The van der Waals surface area contributed by atoms with Crippen LogP contribution in [0.3, 0.4) is 0 Å². The summed E-state index contributed by atoms with van der Waals surface area (Å²) in [5, 5.41) is 0. The number of alkyl halides is 6. The fourth-order valence-corrected chi connectivity index (χ4v) is 4.54. The van der Waals surface area contributed by atoms with Gasteiger partial charge in [0.1, 0.15) is 6.11 Å². The number of halogens is 6. The average molecular weight is 372 g/mol. The Bertz CT molecular complexity index is 514. The van der Waals surface area contributed by atoms with E-state index in [0.717, 1.165) is 0 Å². The van der Waals surface area contributed by atoms with Crippen LogP contribution in [0.5, 0.6) is 0 Å². The zero-order valence-corrected chi connectivity index (χ0v) is 14.3. The Morgan fingerprint density at radius 2 is 1.56 bits per heavy atom. The molecule has 2 fully saturated rings. The van der Waals surface area contributed by atoms with Crippen LogP contribution in [0.25, 0.3) is 0 Å². The van der Waals surface area contributed by atoms with Crippen LogP contribution in [0.15, 0.2) is 0 Å². The average Bonchev–Trinajstić information content (AvgIpc) is 3.00. The van der Waals surface area contributed by atoms with Gasteiger partial charge in [0.05, 0.1) is 0 Å². The van der Waals surface area contributed by atoms with Gasteiger partial charge in [-0.3, -0.25) is 0 Å². The zero-order chi connectivity index (χ0) is 19.0. The number of hydrogen-bond donors (Lipinski definition) is 0. The molecule has 2 rings (SSSR count). The molecule has 0 spiro atoms. The monoisotopic (exact) mass is 372 g/mol. The molecule has 0 aliphatic heterocycles. The van der Waals surface area contributed by atoms with Gasteiger partial charge in [-0.2, -0.15) is 26.3 Å². The first kappa shape index (κ1) is 20.2. The summed E-state index contributed by atoms with van der Waals surface area (Å²) in [6.45, 7) is 4.08. The third kappa shape index (κ3) is 3.57. The lowest BCUT2D eigenvalue weighted by molar-refractivity contribution is -0.395. The Morgan fingerprint density at radius 1 is 0.960 bits per heavy atom. The van der Waals surface area contributed by atoms with Gasteiger partial charge in [0.15, 0.2) is 0 Å². The minimum atomic E-state index is -5.59. The molecule has 0 amide bonds. The van der Waals surface area contributed by atoms with Gasteiger partial charge in [0, 0.05) is 6.92 Å². The fourth-order valence-electron chi connectivity index (χ4n) is 4.54. The maximum Gasteiger partial charge on any atom is 0.426 e. The quantitative estimate of drug-likeness (QED) is 0.288. The van der Waals surface area contributed by atoms with Gasteiger partial charge < -0.3 is 9.47 Å².